The molecule has 0 aliphatic rings. The normalized spacial score (nSPS) is 11.7. The quantitative estimate of drug-likeness (QED) is 0.260. The lowest BCUT2D eigenvalue weighted by Crippen LogP contribution is -2.48. The second-order valence-corrected chi connectivity index (χ2v) is 7.97. The summed E-state index contributed by atoms with van der Waals surface area (Å²) in [5.74, 6) is -2.60. The van der Waals surface area contributed by atoms with Crippen LogP contribution in [0.3, 0.4) is 0 Å². The number of aromatic nitrogens is 1. The molecule has 1 atom stereocenters. The van der Waals surface area contributed by atoms with Crippen LogP contribution in [0.1, 0.15) is 32.2 Å². The van der Waals surface area contributed by atoms with Crippen LogP contribution in [0.25, 0.3) is 6.08 Å². The molecule has 0 unspecified atom stereocenters. The number of hydrogen-bond donors (Lipinski definition) is 5. The van der Waals surface area contributed by atoms with E-state index in [0.29, 0.717) is 11.3 Å². The standard InChI is InChI=1S/C23H20Cl2N4O6/c24-15-9-13(11-27-19(30)6-5-14-3-2-8-35-14)10-16(25)20(15)22(32)29-18(23(33)34)12-28-21(31)17-4-1-7-26-17/h1-10,18,26H,11-12H2,(H,27,30)(H,28,31)(H,29,32)(H,33,34)/t18-/m0/s1. The van der Waals surface area contributed by atoms with Gasteiger partial charge in [-0.3, -0.25) is 14.4 Å². The van der Waals surface area contributed by atoms with Gasteiger partial charge in [0.1, 0.15) is 17.5 Å². The maximum absolute atomic E-state index is 12.7. The molecule has 182 valence electrons. The van der Waals surface area contributed by atoms with E-state index in [-0.39, 0.29) is 40.3 Å². The van der Waals surface area contributed by atoms with E-state index < -0.39 is 23.8 Å². The molecule has 0 aliphatic heterocycles. The van der Waals surface area contributed by atoms with Crippen LogP contribution in [0.15, 0.2) is 59.4 Å². The number of amides is 3. The third kappa shape index (κ3) is 7.23. The summed E-state index contributed by atoms with van der Waals surface area (Å²) in [4.78, 5) is 51.0. The molecular weight excluding hydrogens is 499 g/mol. The Balaban J connectivity index is 1.60. The molecule has 5 N–H and O–H groups in total. The second kappa shape index (κ2) is 11.9. The number of carboxylic acids is 1. The Labute approximate surface area is 209 Å². The number of hydrogen-bond acceptors (Lipinski definition) is 5. The Kier molecular flexibility index (Phi) is 8.71. The van der Waals surface area contributed by atoms with Gasteiger partial charge in [-0.2, -0.15) is 0 Å². The third-order valence-electron chi connectivity index (χ3n) is 4.65. The maximum atomic E-state index is 12.7. The second-order valence-electron chi connectivity index (χ2n) is 7.16. The molecule has 10 nitrogen and oxygen atoms in total. The van der Waals surface area contributed by atoms with Gasteiger partial charge >= 0.3 is 5.97 Å². The number of nitrogens with one attached hydrogen (secondary N) is 4. The first-order valence-electron chi connectivity index (χ1n) is 10.2. The average Bonchev–Trinajstić information content (AvgIpc) is 3.52. The van der Waals surface area contributed by atoms with Crippen LogP contribution >= 0.6 is 23.2 Å². The first-order chi connectivity index (χ1) is 16.7. The summed E-state index contributed by atoms with van der Waals surface area (Å²) in [7, 11) is 0. The van der Waals surface area contributed by atoms with Crippen molar-refractivity contribution in [3.63, 3.8) is 0 Å². The van der Waals surface area contributed by atoms with Crippen LogP contribution < -0.4 is 16.0 Å². The van der Waals surface area contributed by atoms with Gasteiger partial charge in [0.2, 0.25) is 5.91 Å². The highest BCUT2D eigenvalue weighted by Gasteiger charge is 2.25. The van der Waals surface area contributed by atoms with Crippen LogP contribution in [0, 0.1) is 0 Å². The molecule has 35 heavy (non-hydrogen) atoms. The van der Waals surface area contributed by atoms with Crippen molar-refractivity contribution in [1.29, 1.82) is 0 Å². The van der Waals surface area contributed by atoms with Gasteiger partial charge in [-0.05, 0) is 48.0 Å². The van der Waals surface area contributed by atoms with Crippen molar-refractivity contribution in [2.45, 2.75) is 12.6 Å². The zero-order valence-corrected chi connectivity index (χ0v) is 19.5. The van der Waals surface area contributed by atoms with Crippen molar-refractivity contribution in [3.05, 3.63) is 87.6 Å². The topological polar surface area (TPSA) is 154 Å². The van der Waals surface area contributed by atoms with Gasteiger partial charge in [0.15, 0.2) is 0 Å². The Morgan fingerprint density at radius 1 is 1.06 bits per heavy atom. The fourth-order valence-corrected chi connectivity index (χ4v) is 3.63. The van der Waals surface area contributed by atoms with Crippen molar-refractivity contribution < 1.29 is 28.7 Å². The molecule has 2 aromatic heterocycles. The van der Waals surface area contributed by atoms with Crippen LogP contribution in [-0.4, -0.2) is 46.4 Å². The van der Waals surface area contributed by atoms with E-state index in [1.165, 1.54) is 36.6 Å². The van der Waals surface area contributed by atoms with Crippen molar-refractivity contribution >= 4 is 53.0 Å². The SMILES string of the molecule is O=C(C=Cc1ccco1)NCc1cc(Cl)c(C(=O)N[C@@H](CNC(=O)c2ccc[nH]2)C(=O)O)c(Cl)c1. The van der Waals surface area contributed by atoms with Crippen molar-refractivity contribution in [2.75, 3.05) is 6.54 Å². The molecule has 12 heteroatoms. The number of H-pyrrole nitrogens is 1. The van der Waals surface area contributed by atoms with E-state index in [9.17, 15) is 24.3 Å². The van der Waals surface area contributed by atoms with Gasteiger partial charge in [0, 0.05) is 25.4 Å². The van der Waals surface area contributed by atoms with Crippen molar-refractivity contribution in [1.82, 2.24) is 20.9 Å². The lowest BCUT2D eigenvalue weighted by molar-refractivity contribution is -0.139. The predicted octanol–water partition coefficient (Wildman–Crippen LogP) is 2.86. The van der Waals surface area contributed by atoms with Crippen LogP contribution in [0.2, 0.25) is 10.0 Å². The zero-order valence-electron chi connectivity index (χ0n) is 18.0. The van der Waals surface area contributed by atoms with E-state index in [4.69, 9.17) is 27.6 Å². The van der Waals surface area contributed by atoms with Crippen molar-refractivity contribution in [3.8, 4) is 0 Å². The van der Waals surface area contributed by atoms with Gasteiger partial charge in [-0.25, -0.2) is 4.79 Å². The number of carbonyl (C=O) groups is 4. The van der Waals surface area contributed by atoms with Crippen molar-refractivity contribution in [2.24, 2.45) is 0 Å². The van der Waals surface area contributed by atoms with Gasteiger partial charge in [-0.1, -0.05) is 23.2 Å². The summed E-state index contributed by atoms with van der Waals surface area (Å²) in [6.07, 6.45) is 5.83. The molecule has 0 saturated heterocycles. The van der Waals surface area contributed by atoms with E-state index in [2.05, 4.69) is 20.9 Å². The summed E-state index contributed by atoms with van der Waals surface area (Å²) < 4.78 is 5.10. The number of carboxylic acid groups (broad SMARTS) is 1. The number of carbonyl (C=O) groups excluding carboxylic acids is 3. The van der Waals surface area contributed by atoms with E-state index in [0.717, 1.165) is 0 Å². The summed E-state index contributed by atoms with van der Waals surface area (Å²) in [6.45, 7) is -0.297. The number of aromatic amines is 1. The zero-order chi connectivity index (χ0) is 25.4. The van der Waals surface area contributed by atoms with Gasteiger partial charge in [0.25, 0.3) is 11.8 Å². The average molecular weight is 519 g/mol. The van der Waals surface area contributed by atoms with Gasteiger partial charge in [-0.15, -0.1) is 0 Å². The summed E-state index contributed by atoms with van der Waals surface area (Å²) in [6, 6.07) is 7.94. The summed E-state index contributed by atoms with van der Waals surface area (Å²) >= 11 is 12.5. The predicted molar refractivity (Wildman–Crippen MR) is 128 cm³/mol. The van der Waals surface area contributed by atoms with E-state index in [1.807, 2.05) is 0 Å². The molecule has 3 rings (SSSR count). The Bertz CT molecular complexity index is 1220. The third-order valence-corrected chi connectivity index (χ3v) is 5.25. The Hall–Kier alpha value is -4.02. The lowest BCUT2D eigenvalue weighted by atomic mass is 10.1. The lowest BCUT2D eigenvalue weighted by Gasteiger charge is -2.17. The number of benzene rings is 1. The van der Waals surface area contributed by atoms with Gasteiger partial charge in [0.05, 0.1) is 21.9 Å². The molecule has 0 spiro atoms. The molecule has 0 aliphatic carbocycles. The molecule has 3 aromatic rings. The number of rotatable bonds is 10. The first-order valence-corrected chi connectivity index (χ1v) is 10.9. The summed E-state index contributed by atoms with van der Waals surface area (Å²) in [5.41, 5.74) is 0.623. The number of furan rings is 1. The van der Waals surface area contributed by atoms with E-state index in [1.54, 1.807) is 24.4 Å². The number of aliphatic carboxylic acids is 1. The Morgan fingerprint density at radius 2 is 1.80 bits per heavy atom. The molecule has 0 saturated carbocycles. The fourth-order valence-electron chi connectivity index (χ4n) is 2.93. The molecule has 0 bridgehead atoms. The maximum Gasteiger partial charge on any atom is 0.328 e. The smallest absolute Gasteiger partial charge is 0.328 e. The van der Waals surface area contributed by atoms with E-state index >= 15 is 0 Å². The highest BCUT2D eigenvalue weighted by Crippen LogP contribution is 2.27. The minimum atomic E-state index is -1.44. The minimum absolute atomic E-state index is 0.0371. The molecular formula is C23H20Cl2N4O6. The first kappa shape index (κ1) is 25.6. The summed E-state index contributed by atoms with van der Waals surface area (Å²) in [5, 5.41) is 16.7. The molecule has 1 aromatic carbocycles. The molecule has 3 amide bonds. The largest absolute Gasteiger partial charge is 0.480 e. The van der Waals surface area contributed by atoms with Crippen LogP contribution in [0.5, 0.6) is 0 Å². The highest BCUT2D eigenvalue weighted by atomic mass is 35.5. The number of halogens is 2. The van der Waals surface area contributed by atoms with Crippen LogP contribution in [0.4, 0.5) is 0 Å². The fraction of sp³-hybridized carbons (Fsp3) is 0.130. The molecule has 0 fully saturated rings. The highest BCUT2D eigenvalue weighted by molar-refractivity contribution is 6.39. The van der Waals surface area contributed by atoms with Crippen LogP contribution in [-0.2, 0) is 16.1 Å². The monoisotopic (exact) mass is 518 g/mol. The minimum Gasteiger partial charge on any atom is -0.480 e. The molecule has 0 radical (unpaired) electrons. The Morgan fingerprint density at radius 3 is 2.40 bits per heavy atom. The molecule has 2 heterocycles. The van der Waals surface area contributed by atoms with Gasteiger partial charge < -0.3 is 30.5 Å².